The maximum absolute atomic E-state index is 13.8. The molecule has 0 aliphatic carbocycles. The average molecular weight is 1160 g/mol. The summed E-state index contributed by atoms with van der Waals surface area (Å²) in [6.45, 7) is 6.10. The van der Waals surface area contributed by atoms with Crippen molar-refractivity contribution in [3.63, 3.8) is 0 Å². The molecule has 2 aliphatic rings. The Balaban J connectivity index is 0.0000152. The summed E-state index contributed by atoms with van der Waals surface area (Å²) in [5, 5.41) is 2.98. The van der Waals surface area contributed by atoms with Crippen LogP contribution in [0.15, 0.2) is 54.6 Å². The largest absolute Gasteiger partial charge is 1.00 e. The number of fused-ring (bicyclic) bond motifs is 1. The van der Waals surface area contributed by atoms with E-state index in [4.69, 9.17) is 27.9 Å². The van der Waals surface area contributed by atoms with Crippen LogP contribution in [0.3, 0.4) is 0 Å². The first-order valence-corrected chi connectivity index (χ1v) is 31.9. The van der Waals surface area contributed by atoms with E-state index >= 15 is 0 Å². The quantitative estimate of drug-likeness (QED) is 0.0175. The minimum atomic E-state index is -5.45. The summed E-state index contributed by atoms with van der Waals surface area (Å²) in [7, 11) is -10.7. The molecule has 0 bridgehead atoms. The fourth-order valence-electron chi connectivity index (χ4n) is 9.79. The van der Waals surface area contributed by atoms with E-state index in [0.717, 1.165) is 51.4 Å². The maximum Gasteiger partial charge on any atom is 1.00 e. The van der Waals surface area contributed by atoms with Crippen LogP contribution < -0.4 is 64.4 Å². The van der Waals surface area contributed by atoms with E-state index < -0.39 is 88.6 Å². The molecule has 78 heavy (non-hydrogen) atoms. The fraction of sp³-hybridized carbons (Fsp3) is 0.793. The molecule has 2 heterocycles. The summed E-state index contributed by atoms with van der Waals surface area (Å²) < 4.78 is 111. The van der Waals surface area contributed by atoms with Crippen LogP contribution in [0.1, 0.15) is 244 Å². The Morgan fingerprint density at radius 1 is 0.628 bits per heavy atom. The first kappa shape index (κ1) is 75.2. The molecule has 3 rings (SSSR count). The van der Waals surface area contributed by atoms with Crippen molar-refractivity contribution in [2.45, 2.75) is 282 Å². The Morgan fingerprint density at radius 2 is 1.08 bits per heavy atom. The second-order valence-corrected chi connectivity index (χ2v) is 23.3. The summed E-state index contributed by atoms with van der Waals surface area (Å²) in [4.78, 5) is 27.5. The van der Waals surface area contributed by atoms with Crippen molar-refractivity contribution in [2.24, 2.45) is 0 Å². The number of allylic oxidation sites excluding steroid dienone is 3. The third-order valence-electron chi connectivity index (χ3n) is 13.9. The van der Waals surface area contributed by atoms with Gasteiger partial charge in [-0.15, -0.1) is 0 Å². The Kier molecular flexibility index (Phi) is 43.1. The van der Waals surface area contributed by atoms with Crippen molar-refractivity contribution in [3.8, 4) is 0 Å². The van der Waals surface area contributed by atoms with Gasteiger partial charge in [-0.1, -0.05) is 204 Å². The zero-order chi connectivity index (χ0) is 55.3. The van der Waals surface area contributed by atoms with Gasteiger partial charge >= 0.3 is 65.1 Å². The van der Waals surface area contributed by atoms with Crippen molar-refractivity contribution in [1.82, 2.24) is 5.32 Å². The number of unbranched alkanes of at least 4 members (excludes halogenated alkanes) is 28. The molecule has 438 valence electrons. The number of rotatable bonds is 46. The number of esters is 1. The van der Waals surface area contributed by atoms with Gasteiger partial charge in [0.15, 0.2) is 18.2 Å². The van der Waals surface area contributed by atoms with Crippen LogP contribution in [0.25, 0.3) is 0 Å². The molecule has 2 fully saturated rings. The molecule has 1 N–H and O–H groups in total. The standard InChI is InChI=1S/C58H99NO15S2.2Na/c1-5-7-9-11-13-15-17-19-20-21-22-23-24-25-26-28-30-32-34-36-41-45-52(60)59-49(46-68-57-55(74-76(65,66)67)54-53(72-58(3,4)73-54)51(71-57)47-69-75(62,63)64)50(70-56(61)48-42-38-37-39-43-48)44-40-35-33-31-29-27-18-16-14-12-10-8-6-2;;/h19-20,37-40,42-44,49-51,53-55,57H,5-18,21-36,41,45-47H2,1-4H3,(H,59,60)(H,62,63,64)(H,65,66,67);;/q;2*+1/p-2/b20-19-,44-40+;;/t49-,50+,51+,53-,54-,55+,57-;;/m0../s1. The summed E-state index contributed by atoms with van der Waals surface area (Å²) in [5.74, 6) is -2.43. The van der Waals surface area contributed by atoms with Gasteiger partial charge in [-0.05, 0) is 77.0 Å². The zero-order valence-corrected chi connectivity index (χ0v) is 54.4. The number of carbonyl (C=O) groups is 2. The second kappa shape index (κ2) is 44.7. The summed E-state index contributed by atoms with van der Waals surface area (Å²) >= 11 is 0. The summed E-state index contributed by atoms with van der Waals surface area (Å²) in [5.41, 5.74) is 0.266. The fourth-order valence-corrected chi connectivity index (χ4v) is 10.6. The van der Waals surface area contributed by atoms with Crippen molar-refractivity contribution >= 4 is 32.7 Å². The SMILES string of the molecule is CCCCCCCC/C=C\CCCCCCCCCCCCCC(=O)N[C@@H](CO[C@H]1O[C@H](COS(=O)(=O)[O-])[C@@H]2OC(C)(C)O[C@@H]2[C@H]1OS(=O)(=O)[O-])[C@@H](/C=C/CCCCCCCCCCCCC)OC(=O)c1ccccc1.[Na+].[Na+]. The van der Waals surface area contributed by atoms with Crippen molar-refractivity contribution < 1.29 is 127 Å². The van der Waals surface area contributed by atoms with E-state index in [1.807, 2.05) is 6.08 Å². The molecule has 0 spiro atoms. The number of benzene rings is 1. The van der Waals surface area contributed by atoms with Gasteiger partial charge in [0.05, 0.1) is 24.8 Å². The molecule has 7 atom stereocenters. The molecule has 1 amide bonds. The molecule has 1 aromatic carbocycles. The topological polar surface area (TPSA) is 225 Å². The average Bonchev–Trinajstić information content (AvgIpc) is 3.72. The number of ether oxygens (including phenoxy) is 5. The van der Waals surface area contributed by atoms with E-state index in [-0.39, 0.29) is 77.0 Å². The molecule has 1 aromatic rings. The molecular weight excluding hydrogens is 1060 g/mol. The van der Waals surface area contributed by atoms with Gasteiger partial charge in [0.2, 0.25) is 26.7 Å². The number of carbonyl (C=O) groups excluding carboxylic acids is 2. The molecule has 16 nitrogen and oxygen atoms in total. The van der Waals surface area contributed by atoms with E-state index in [9.17, 15) is 35.5 Å². The molecule has 0 radical (unpaired) electrons. The number of hydrogen-bond acceptors (Lipinski definition) is 15. The van der Waals surface area contributed by atoms with E-state index in [1.165, 1.54) is 149 Å². The predicted octanol–water partition coefficient (Wildman–Crippen LogP) is 6.92. The zero-order valence-electron chi connectivity index (χ0n) is 48.7. The molecule has 2 saturated heterocycles. The van der Waals surface area contributed by atoms with Crippen LogP contribution in [-0.2, 0) is 57.6 Å². The third-order valence-corrected chi connectivity index (χ3v) is 14.8. The van der Waals surface area contributed by atoms with Crippen molar-refractivity contribution in [1.29, 1.82) is 0 Å². The van der Waals surface area contributed by atoms with Gasteiger partial charge < -0.3 is 38.1 Å². The van der Waals surface area contributed by atoms with Crippen molar-refractivity contribution in [2.75, 3.05) is 13.2 Å². The van der Waals surface area contributed by atoms with Crippen LogP contribution in [0.4, 0.5) is 0 Å². The van der Waals surface area contributed by atoms with Crippen molar-refractivity contribution in [3.05, 3.63) is 60.2 Å². The van der Waals surface area contributed by atoms with Crippen LogP contribution >= 0.6 is 0 Å². The summed E-state index contributed by atoms with van der Waals surface area (Å²) in [6.07, 6.45) is 35.9. The van der Waals surface area contributed by atoms with Gasteiger partial charge in [-0.3, -0.25) is 13.2 Å². The minimum Gasteiger partial charge on any atom is -0.726 e. The Morgan fingerprint density at radius 3 is 1.55 bits per heavy atom. The molecule has 20 heteroatoms. The first-order valence-electron chi connectivity index (χ1n) is 29.3. The molecular formula is C58H97NNa2O15S2. The van der Waals surface area contributed by atoms with Gasteiger partial charge in [0.1, 0.15) is 24.4 Å². The second-order valence-electron chi connectivity index (χ2n) is 21.2. The van der Waals surface area contributed by atoms with Crippen LogP contribution in [0.5, 0.6) is 0 Å². The molecule has 0 unspecified atom stereocenters. The van der Waals surface area contributed by atoms with Gasteiger partial charge in [0.25, 0.3) is 0 Å². The monoisotopic (exact) mass is 1160 g/mol. The molecule has 2 aliphatic heterocycles. The third kappa shape index (κ3) is 36.0. The number of hydrogen-bond donors (Lipinski definition) is 1. The van der Waals surface area contributed by atoms with E-state index in [0.29, 0.717) is 12.8 Å². The van der Waals surface area contributed by atoms with E-state index in [2.05, 4.69) is 35.5 Å². The van der Waals surface area contributed by atoms with Crippen LogP contribution in [-0.4, -0.2) is 99.7 Å². The Labute approximate surface area is 515 Å². The molecule has 0 saturated carbocycles. The first-order chi connectivity index (χ1) is 36.5. The Bertz CT molecular complexity index is 1980. The van der Waals surface area contributed by atoms with E-state index in [1.54, 1.807) is 36.4 Å². The maximum atomic E-state index is 13.8. The number of amides is 1. The summed E-state index contributed by atoms with van der Waals surface area (Å²) in [6, 6.07) is 7.26. The Hall–Kier alpha value is -0.780. The normalized spacial score (nSPS) is 20.0. The smallest absolute Gasteiger partial charge is 0.726 e. The van der Waals surface area contributed by atoms with Gasteiger partial charge in [0, 0.05) is 6.42 Å². The minimum absolute atomic E-state index is 0. The number of nitrogens with one attached hydrogen (secondary N) is 1. The van der Waals surface area contributed by atoms with Crippen LogP contribution in [0.2, 0.25) is 0 Å². The van der Waals surface area contributed by atoms with Gasteiger partial charge in [-0.25, -0.2) is 21.6 Å². The van der Waals surface area contributed by atoms with Crippen LogP contribution in [0, 0.1) is 0 Å². The molecule has 0 aromatic heterocycles. The predicted molar refractivity (Wildman–Crippen MR) is 294 cm³/mol. The van der Waals surface area contributed by atoms with Gasteiger partial charge in [-0.2, -0.15) is 0 Å².